The molecule has 1 unspecified atom stereocenters. The third kappa shape index (κ3) is 2.58. The summed E-state index contributed by atoms with van der Waals surface area (Å²) < 4.78 is 6.29. The molecule has 1 spiro atoms. The predicted octanol–water partition coefficient (Wildman–Crippen LogP) is 1.99. The lowest BCUT2D eigenvalue weighted by molar-refractivity contribution is -0.0151. The Hall–Kier alpha value is -1.75. The molecule has 5 heteroatoms. The van der Waals surface area contributed by atoms with E-state index in [2.05, 4.69) is 0 Å². The first-order valence-electron chi connectivity index (χ1n) is 7.50. The zero-order valence-corrected chi connectivity index (χ0v) is 12.7. The fraction of sp³-hybridized carbons (Fsp3) is 0.562. The maximum atomic E-state index is 12.0. The Balaban J connectivity index is 1.73. The Bertz CT molecular complexity index is 536. The van der Waals surface area contributed by atoms with Crippen molar-refractivity contribution in [2.45, 2.75) is 30.9 Å². The van der Waals surface area contributed by atoms with Crippen molar-refractivity contribution in [3.63, 3.8) is 0 Å². The molecule has 1 aromatic rings. The average Bonchev–Trinajstić information content (AvgIpc) is 2.47. The first kappa shape index (κ1) is 14.2. The molecule has 114 valence electrons. The third-order valence-electron chi connectivity index (χ3n) is 4.56. The number of carbonyl (C=O) groups excluding carboxylic acids is 1. The number of nitrogens with zero attached hydrogens (tertiary/aromatic N) is 2. The Labute approximate surface area is 125 Å². The summed E-state index contributed by atoms with van der Waals surface area (Å²) in [6, 6.07) is 8.11. The van der Waals surface area contributed by atoms with Crippen LogP contribution in [0.1, 0.15) is 30.9 Å². The highest BCUT2D eigenvalue weighted by Crippen LogP contribution is 2.43. The standard InChI is InChI=1S/C16H23N3O2/c1-18(2)15(20)19-9-7-16(8-10-19)11-13(17)12-5-3-4-6-14(12)21-16/h3-6,13H,7-11,17H2,1-2H3. The van der Waals surface area contributed by atoms with Crippen LogP contribution in [-0.4, -0.2) is 48.6 Å². The molecule has 2 amide bonds. The van der Waals surface area contributed by atoms with E-state index in [1.807, 2.05) is 29.2 Å². The number of piperidine rings is 1. The van der Waals surface area contributed by atoms with Gasteiger partial charge in [-0.15, -0.1) is 0 Å². The van der Waals surface area contributed by atoms with Crippen LogP contribution in [0.25, 0.3) is 0 Å². The van der Waals surface area contributed by atoms with Crippen molar-refractivity contribution >= 4 is 6.03 Å². The lowest BCUT2D eigenvalue weighted by Gasteiger charge is -2.46. The number of hydrogen-bond donors (Lipinski definition) is 1. The van der Waals surface area contributed by atoms with Crippen LogP contribution in [0.5, 0.6) is 5.75 Å². The summed E-state index contributed by atoms with van der Waals surface area (Å²) in [5.74, 6) is 0.906. The highest BCUT2D eigenvalue weighted by Gasteiger charge is 2.43. The smallest absolute Gasteiger partial charge is 0.319 e. The molecule has 0 saturated carbocycles. The monoisotopic (exact) mass is 289 g/mol. The summed E-state index contributed by atoms with van der Waals surface area (Å²) in [7, 11) is 3.58. The second-order valence-electron chi connectivity index (χ2n) is 6.30. The van der Waals surface area contributed by atoms with Crippen molar-refractivity contribution in [1.29, 1.82) is 0 Å². The maximum Gasteiger partial charge on any atom is 0.319 e. The van der Waals surface area contributed by atoms with Crippen LogP contribution in [-0.2, 0) is 0 Å². The molecule has 3 rings (SSSR count). The number of rotatable bonds is 0. The second kappa shape index (κ2) is 5.22. The summed E-state index contributed by atoms with van der Waals surface area (Å²) in [6.07, 6.45) is 2.51. The van der Waals surface area contributed by atoms with Gasteiger partial charge in [0.25, 0.3) is 0 Å². The van der Waals surface area contributed by atoms with Crippen LogP contribution >= 0.6 is 0 Å². The normalized spacial score (nSPS) is 23.4. The molecular formula is C16H23N3O2. The summed E-state index contributed by atoms with van der Waals surface area (Å²) in [4.78, 5) is 15.5. The topological polar surface area (TPSA) is 58.8 Å². The molecule has 1 fully saturated rings. The Morgan fingerprint density at radius 1 is 1.33 bits per heavy atom. The first-order valence-corrected chi connectivity index (χ1v) is 7.50. The van der Waals surface area contributed by atoms with Gasteiger partial charge in [-0.3, -0.25) is 0 Å². The average molecular weight is 289 g/mol. The molecule has 0 radical (unpaired) electrons. The van der Waals surface area contributed by atoms with Gasteiger partial charge in [0.2, 0.25) is 0 Å². The number of hydrogen-bond acceptors (Lipinski definition) is 3. The molecule has 0 aliphatic carbocycles. The predicted molar refractivity (Wildman–Crippen MR) is 81.2 cm³/mol. The lowest BCUT2D eigenvalue weighted by Crippen LogP contribution is -2.54. The van der Waals surface area contributed by atoms with E-state index in [9.17, 15) is 4.79 Å². The molecule has 2 N–H and O–H groups in total. The minimum Gasteiger partial charge on any atom is -0.487 e. The number of nitrogens with two attached hydrogens (primary N) is 1. The van der Waals surface area contributed by atoms with Crippen molar-refractivity contribution in [2.24, 2.45) is 5.73 Å². The molecule has 5 nitrogen and oxygen atoms in total. The molecular weight excluding hydrogens is 266 g/mol. The van der Waals surface area contributed by atoms with E-state index in [-0.39, 0.29) is 17.7 Å². The number of fused-ring (bicyclic) bond motifs is 1. The molecule has 2 aliphatic heterocycles. The van der Waals surface area contributed by atoms with Crippen LogP contribution in [0, 0.1) is 0 Å². The zero-order chi connectivity index (χ0) is 15.0. The van der Waals surface area contributed by atoms with E-state index >= 15 is 0 Å². The zero-order valence-electron chi connectivity index (χ0n) is 12.7. The Morgan fingerprint density at radius 2 is 2.00 bits per heavy atom. The maximum absolute atomic E-state index is 12.0. The second-order valence-corrected chi connectivity index (χ2v) is 6.30. The van der Waals surface area contributed by atoms with Gasteiger partial charge in [-0.1, -0.05) is 18.2 Å². The van der Waals surface area contributed by atoms with Crippen LogP contribution < -0.4 is 10.5 Å². The number of benzene rings is 1. The van der Waals surface area contributed by atoms with E-state index in [1.54, 1.807) is 19.0 Å². The fourth-order valence-electron chi connectivity index (χ4n) is 3.36. The molecule has 1 aromatic carbocycles. The summed E-state index contributed by atoms with van der Waals surface area (Å²) >= 11 is 0. The van der Waals surface area contributed by atoms with Crippen LogP contribution in [0.15, 0.2) is 24.3 Å². The molecule has 2 heterocycles. The molecule has 2 aliphatic rings. The Morgan fingerprint density at radius 3 is 2.67 bits per heavy atom. The van der Waals surface area contributed by atoms with Gasteiger partial charge in [0.15, 0.2) is 0 Å². The number of ether oxygens (including phenoxy) is 1. The highest BCUT2D eigenvalue weighted by atomic mass is 16.5. The lowest BCUT2D eigenvalue weighted by atomic mass is 9.81. The van der Waals surface area contributed by atoms with E-state index in [4.69, 9.17) is 10.5 Å². The number of likely N-dealkylation sites (tertiary alicyclic amines) is 1. The molecule has 21 heavy (non-hydrogen) atoms. The minimum atomic E-state index is -0.211. The van der Waals surface area contributed by atoms with Crippen molar-refractivity contribution in [3.8, 4) is 5.75 Å². The van der Waals surface area contributed by atoms with Crippen LogP contribution in [0.3, 0.4) is 0 Å². The summed E-state index contributed by atoms with van der Waals surface area (Å²) in [6.45, 7) is 1.46. The molecule has 1 saturated heterocycles. The van der Waals surface area contributed by atoms with Gasteiger partial charge >= 0.3 is 6.03 Å². The van der Waals surface area contributed by atoms with Gasteiger partial charge in [-0.05, 0) is 6.07 Å². The highest BCUT2D eigenvalue weighted by molar-refractivity contribution is 5.73. The Kier molecular flexibility index (Phi) is 3.53. The van der Waals surface area contributed by atoms with Crippen molar-refractivity contribution in [1.82, 2.24) is 9.80 Å². The van der Waals surface area contributed by atoms with Gasteiger partial charge in [0.05, 0.1) is 0 Å². The number of urea groups is 1. The number of amides is 2. The minimum absolute atomic E-state index is 0.0195. The molecule has 0 bridgehead atoms. The fourth-order valence-corrected chi connectivity index (χ4v) is 3.36. The van der Waals surface area contributed by atoms with Gasteiger partial charge in [0.1, 0.15) is 11.4 Å². The summed E-state index contributed by atoms with van der Waals surface area (Å²) in [5, 5.41) is 0. The van der Waals surface area contributed by atoms with Crippen LogP contribution in [0.4, 0.5) is 4.79 Å². The number of para-hydroxylation sites is 1. The van der Waals surface area contributed by atoms with Gasteiger partial charge in [-0.2, -0.15) is 0 Å². The van der Waals surface area contributed by atoms with Crippen molar-refractivity contribution in [2.75, 3.05) is 27.2 Å². The molecule has 1 atom stereocenters. The van der Waals surface area contributed by atoms with Gasteiger partial charge in [0, 0.05) is 58.1 Å². The first-order chi connectivity index (χ1) is 10.0. The largest absolute Gasteiger partial charge is 0.487 e. The molecule has 0 aromatic heterocycles. The summed E-state index contributed by atoms with van der Waals surface area (Å²) in [5.41, 5.74) is 7.21. The number of carbonyl (C=O) groups is 1. The SMILES string of the molecule is CN(C)C(=O)N1CCC2(CC1)CC(N)c1ccccc1O2. The van der Waals surface area contributed by atoms with E-state index in [0.717, 1.165) is 43.7 Å². The van der Waals surface area contributed by atoms with E-state index in [1.165, 1.54) is 0 Å². The van der Waals surface area contributed by atoms with Gasteiger partial charge in [-0.25, -0.2) is 4.79 Å². The van der Waals surface area contributed by atoms with Gasteiger partial charge < -0.3 is 20.3 Å². The van der Waals surface area contributed by atoms with Crippen LogP contribution in [0.2, 0.25) is 0 Å². The van der Waals surface area contributed by atoms with Crippen molar-refractivity contribution < 1.29 is 9.53 Å². The third-order valence-corrected chi connectivity index (χ3v) is 4.56. The van der Waals surface area contributed by atoms with Crippen molar-refractivity contribution in [3.05, 3.63) is 29.8 Å². The van der Waals surface area contributed by atoms with E-state index in [0.29, 0.717) is 0 Å². The van der Waals surface area contributed by atoms with E-state index < -0.39 is 0 Å². The quantitative estimate of drug-likeness (QED) is 0.794.